The lowest BCUT2D eigenvalue weighted by atomic mass is 9.94. The van der Waals surface area contributed by atoms with Crippen LogP contribution in [0, 0.1) is 11.6 Å². The Bertz CT molecular complexity index is 2520. The van der Waals surface area contributed by atoms with E-state index in [1.54, 1.807) is 49.1 Å². The average molecular weight is 897 g/mol. The van der Waals surface area contributed by atoms with Crippen molar-refractivity contribution in [2.75, 3.05) is 13.1 Å². The van der Waals surface area contributed by atoms with Crippen LogP contribution in [0.1, 0.15) is 54.8 Å². The van der Waals surface area contributed by atoms with Gasteiger partial charge in [0, 0.05) is 32.1 Å². The number of alkyl halides is 3. The maximum Gasteiger partial charge on any atom is 0.416 e. The Hall–Kier alpha value is -6.57. The molecule has 1 saturated heterocycles. The van der Waals surface area contributed by atoms with Gasteiger partial charge in [-0.25, -0.2) is 18.4 Å². The van der Waals surface area contributed by atoms with E-state index in [-0.39, 0.29) is 54.5 Å². The molecule has 1 aromatic heterocycles. The number of piperidine rings is 1. The van der Waals surface area contributed by atoms with Gasteiger partial charge in [0.1, 0.15) is 11.4 Å². The van der Waals surface area contributed by atoms with Crippen molar-refractivity contribution in [2.24, 2.45) is 0 Å². The first-order valence-corrected chi connectivity index (χ1v) is 19.9. The van der Waals surface area contributed by atoms with E-state index in [1.165, 1.54) is 24.3 Å². The second kappa shape index (κ2) is 20.3. The number of aliphatic hydroxyl groups is 2. The monoisotopic (exact) mass is 896 g/mol. The van der Waals surface area contributed by atoms with Gasteiger partial charge in [-0.15, -0.1) is 0 Å². The van der Waals surface area contributed by atoms with E-state index in [0.717, 1.165) is 23.8 Å². The number of nitrogens with one attached hydrogen (secondary N) is 1. The molecule has 1 amide bonds. The number of carbonyl (C=O) groups excluding carboxylic acids is 1. The van der Waals surface area contributed by atoms with E-state index >= 15 is 0 Å². The van der Waals surface area contributed by atoms with Crippen LogP contribution in [0.4, 0.5) is 22.0 Å². The van der Waals surface area contributed by atoms with Gasteiger partial charge in [0.25, 0.3) is 5.56 Å². The van der Waals surface area contributed by atoms with Crippen LogP contribution < -0.4 is 5.56 Å². The number of aromatic amines is 1. The molecule has 0 saturated carbocycles. The lowest BCUT2D eigenvalue weighted by molar-refractivity contribution is -0.165. The van der Waals surface area contributed by atoms with E-state index in [2.05, 4.69) is 9.97 Å². The summed E-state index contributed by atoms with van der Waals surface area (Å²) in [5.74, 6) is -6.35. The van der Waals surface area contributed by atoms with Crippen molar-refractivity contribution < 1.29 is 66.7 Å². The standard InChI is InChI=1S/C41H39F5N4O4.C4H6O6/c1-40(2,39(53)54)49-21-19-31(20-22-49)50(24-25-9-11-26(12-10-25)27-13-16-30(17-14-27)41(44,45)46)35(51)23-29-6-4-8-33-36(29)38(52)48-34(47-33)18-15-28-5-3-7-32(42)37(28)43;5-1(3(7)8)2(6)4(9)10/h3-14,16-17,31H,15,18-24H2,1-2H3,(H,53,54)(H,47,48,52);1-2,5-6H,(H,7,8)(H,9,10). The zero-order chi connectivity index (χ0) is 47.1. The van der Waals surface area contributed by atoms with E-state index in [9.17, 15) is 51.0 Å². The Kier molecular flexibility index (Phi) is 15.4. The number of hydrogen-bond acceptors (Lipinski definition) is 9. The van der Waals surface area contributed by atoms with Crippen molar-refractivity contribution in [3.05, 3.63) is 135 Å². The summed E-state index contributed by atoms with van der Waals surface area (Å²) in [5, 5.41) is 42.5. The number of aryl methyl sites for hydroxylation is 2. The Morgan fingerprint density at radius 1 is 0.797 bits per heavy atom. The number of aromatic nitrogens is 2. The van der Waals surface area contributed by atoms with E-state index in [4.69, 9.17) is 20.4 Å². The number of carbonyl (C=O) groups is 4. The molecule has 0 bridgehead atoms. The molecule has 0 aliphatic carbocycles. The molecule has 64 heavy (non-hydrogen) atoms. The Morgan fingerprint density at radius 2 is 1.34 bits per heavy atom. The molecule has 5 aromatic rings. The van der Waals surface area contributed by atoms with Crippen LogP contribution in [-0.2, 0) is 51.2 Å². The zero-order valence-electron chi connectivity index (χ0n) is 34.5. The number of aliphatic hydroxyl groups excluding tert-OH is 2. The van der Waals surface area contributed by atoms with Gasteiger partial charge in [0.15, 0.2) is 23.8 Å². The normalized spacial score (nSPS) is 14.6. The van der Waals surface area contributed by atoms with Crippen LogP contribution in [-0.4, -0.2) is 106 Å². The fraction of sp³-hybridized carbons (Fsp3) is 0.333. The van der Waals surface area contributed by atoms with Crippen LogP contribution in [0.5, 0.6) is 0 Å². The molecule has 2 heterocycles. The number of benzene rings is 4. The molecular weight excluding hydrogens is 852 g/mol. The molecule has 1 aliphatic rings. The maximum absolute atomic E-state index is 14.3. The number of carboxylic acids is 3. The van der Waals surface area contributed by atoms with Gasteiger partial charge in [-0.1, -0.05) is 60.7 Å². The predicted octanol–water partition coefficient (Wildman–Crippen LogP) is 5.45. The highest BCUT2D eigenvalue weighted by Gasteiger charge is 2.39. The summed E-state index contributed by atoms with van der Waals surface area (Å²) in [6.07, 6.45) is -7.81. The van der Waals surface area contributed by atoms with Crippen molar-refractivity contribution >= 4 is 34.7 Å². The third-order valence-electron chi connectivity index (χ3n) is 11.1. The first-order chi connectivity index (χ1) is 30.1. The lowest BCUT2D eigenvalue weighted by Gasteiger charge is -2.43. The second-order valence-corrected chi connectivity index (χ2v) is 15.7. The highest BCUT2D eigenvalue weighted by molar-refractivity contribution is 5.88. The van der Waals surface area contributed by atoms with Crippen molar-refractivity contribution in [1.29, 1.82) is 0 Å². The third-order valence-corrected chi connectivity index (χ3v) is 11.1. The lowest BCUT2D eigenvalue weighted by Crippen LogP contribution is -2.56. The van der Waals surface area contributed by atoms with Gasteiger partial charge >= 0.3 is 24.1 Å². The molecule has 2 atom stereocenters. The summed E-state index contributed by atoms with van der Waals surface area (Å²) < 4.78 is 67.2. The smallest absolute Gasteiger partial charge is 0.416 e. The quantitative estimate of drug-likeness (QED) is 0.0767. The van der Waals surface area contributed by atoms with Crippen molar-refractivity contribution in [1.82, 2.24) is 19.8 Å². The molecule has 6 N–H and O–H groups in total. The Balaban J connectivity index is 0.000000688. The van der Waals surface area contributed by atoms with Crippen molar-refractivity contribution in [3.8, 4) is 11.1 Å². The number of aliphatic carboxylic acids is 3. The number of carboxylic acid groups (broad SMARTS) is 3. The van der Waals surface area contributed by atoms with E-state index in [0.29, 0.717) is 48.1 Å². The van der Waals surface area contributed by atoms with Crippen LogP contribution in [0.15, 0.2) is 89.7 Å². The topological polar surface area (TPSA) is 222 Å². The molecule has 1 aliphatic heterocycles. The van der Waals surface area contributed by atoms with Crippen LogP contribution >= 0.6 is 0 Å². The number of rotatable bonds is 14. The fourth-order valence-corrected chi connectivity index (χ4v) is 7.26. The highest BCUT2D eigenvalue weighted by atomic mass is 19.4. The van der Waals surface area contributed by atoms with Gasteiger partial charge in [-0.05, 0) is 85.2 Å². The predicted molar refractivity (Wildman–Crippen MR) is 221 cm³/mol. The number of nitrogens with zero attached hydrogens (tertiary/aromatic N) is 3. The fourth-order valence-electron chi connectivity index (χ4n) is 7.26. The summed E-state index contributed by atoms with van der Waals surface area (Å²) in [6, 6.07) is 20.9. The Labute approximate surface area is 362 Å². The first kappa shape index (κ1) is 48.5. The largest absolute Gasteiger partial charge is 0.480 e. The molecular formula is C45H45F5N4O10. The molecule has 6 rings (SSSR count). The molecule has 340 valence electrons. The van der Waals surface area contributed by atoms with Crippen LogP contribution in [0.2, 0.25) is 0 Å². The van der Waals surface area contributed by atoms with Crippen molar-refractivity contribution in [3.63, 3.8) is 0 Å². The molecule has 1 fully saturated rings. The van der Waals surface area contributed by atoms with Gasteiger partial charge in [-0.2, -0.15) is 18.2 Å². The zero-order valence-corrected chi connectivity index (χ0v) is 34.5. The number of amides is 1. The number of halogens is 5. The first-order valence-electron chi connectivity index (χ1n) is 19.9. The molecule has 2 unspecified atom stereocenters. The Morgan fingerprint density at radius 3 is 1.89 bits per heavy atom. The van der Waals surface area contributed by atoms with Crippen molar-refractivity contribution in [2.45, 2.75) is 82.5 Å². The van der Waals surface area contributed by atoms with E-state index in [1.807, 2.05) is 17.0 Å². The minimum atomic E-state index is -4.44. The average Bonchev–Trinajstić information content (AvgIpc) is 3.25. The number of hydrogen-bond donors (Lipinski definition) is 6. The second-order valence-electron chi connectivity index (χ2n) is 15.7. The van der Waals surface area contributed by atoms with Crippen LogP contribution in [0.3, 0.4) is 0 Å². The van der Waals surface area contributed by atoms with Crippen LogP contribution in [0.25, 0.3) is 22.0 Å². The maximum atomic E-state index is 14.3. The summed E-state index contributed by atoms with van der Waals surface area (Å²) in [5.41, 5.74) is 0.772. The minimum Gasteiger partial charge on any atom is -0.480 e. The SMILES string of the molecule is CC(C)(C(=O)O)N1CCC(N(Cc2ccc(-c3ccc(C(F)(F)F)cc3)cc2)C(=O)Cc2cccc3[nH]c(CCc4cccc(F)c4F)nc(=O)c23)CC1.O=C(O)C(O)C(O)C(=O)O. The summed E-state index contributed by atoms with van der Waals surface area (Å²) in [4.78, 5) is 70.1. The summed E-state index contributed by atoms with van der Waals surface area (Å²) in [7, 11) is 0. The molecule has 14 nitrogen and oxygen atoms in total. The minimum absolute atomic E-state index is 0.110. The van der Waals surface area contributed by atoms with Gasteiger partial charge in [-0.3, -0.25) is 19.3 Å². The van der Waals surface area contributed by atoms with Gasteiger partial charge in [0.2, 0.25) is 5.91 Å². The molecule has 0 spiro atoms. The number of likely N-dealkylation sites (tertiary alicyclic amines) is 1. The summed E-state index contributed by atoms with van der Waals surface area (Å²) in [6.45, 7) is 4.39. The number of fused-ring (bicyclic) bond motifs is 1. The molecule has 4 aromatic carbocycles. The summed E-state index contributed by atoms with van der Waals surface area (Å²) >= 11 is 0. The van der Waals surface area contributed by atoms with Gasteiger partial charge in [0.05, 0.1) is 22.9 Å². The third kappa shape index (κ3) is 11.7. The molecule has 0 radical (unpaired) electrons. The number of H-pyrrole nitrogens is 1. The molecule has 19 heteroatoms. The van der Waals surface area contributed by atoms with Gasteiger partial charge < -0.3 is 35.4 Å². The van der Waals surface area contributed by atoms with E-state index < -0.39 is 64.6 Å². The highest BCUT2D eigenvalue weighted by Crippen LogP contribution is 2.32.